The Morgan fingerprint density at radius 2 is 0.575 bits per heavy atom. The molecule has 27 nitrogen and oxygen atoms in total. The van der Waals surface area contributed by atoms with Crippen molar-refractivity contribution in [2.75, 3.05) is 0 Å². The Kier molecular flexibility index (Phi) is 12.7. The van der Waals surface area contributed by atoms with E-state index in [1.54, 1.807) is 0 Å². The molecule has 240 valence electrons. The van der Waals surface area contributed by atoms with Gasteiger partial charge in [-0.3, -0.25) is 22.6 Å². The van der Waals surface area contributed by atoms with Crippen LogP contribution in [0.2, 0.25) is 0 Å². The number of aliphatic hydroxyl groups is 1. The molecule has 1 aliphatic rings. The van der Waals surface area contributed by atoms with Crippen molar-refractivity contribution < 1.29 is 127 Å². The zero-order valence-electron chi connectivity index (χ0n) is 18.1. The Labute approximate surface area is 219 Å². The van der Waals surface area contributed by atoms with E-state index in [0.717, 1.165) is 0 Å². The number of hydrogen-bond donors (Lipinski definition) is 13. The monoisotopic (exact) mass is 740 g/mol. The van der Waals surface area contributed by atoms with E-state index in [-0.39, 0.29) is 0 Å². The fourth-order valence-electron chi connectivity index (χ4n) is 2.83. The zero-order valence-corrected chi connectivity index (χ0v) is 24.4. The molecule has 8 atom stereocenters. The first-order valence-corrected chi connectivity index (χ1v) is 19.4. The molecule has 0 saturated heterocycles. The summed E-state index contributed by atoms with van der Waals surface area (Å²) >= 11 is 0. The number of phosphoric ester groups is 5. The molecule has 0 aliphatic heterocycles. The molecule has 0 bridgehead atoms. The molecule has 40 heavy (non-hydrogen) atoms. The highest BCUT2D eigenvalue weighted by Crippen LogP contribution is 2.63. The average molecular weight is 740 g/mol. The number of hydrogen-bond acceptors (Lipinski definition) is 15. The maximum atomic E-state index is 12.2. The molecule has 1 rings (SSSR count). The lowest BCUT2D eigenvalue weighted by atomic mass is 9.85. The molecule has 0 aromatic heterocycles. The Morgan fingerprint density at radius 3 is 0.825 bits per heavy atom. The van der Waals surface area contributed by atoms with Crippen molar-refractivity contribution in [2.45, 2.75) is 36.6 Å². The van der Waals surface area contributed by atoms with E-state index in [1.807, 2.05) is 0 Å². The number of aliphatic hydroxyl groups excluding tert-OH is 1. The van der Waals surface area contributed by atoms with Gasteiger partial charge in [0.1, 0.15) is 36.6 Å². The smallest absolute Gasteiger partial charge is 0.387 e. The van der Waals surface area contributed by atoms with Gasteiger partial charge in [0, 0.05) is 0 Å². The molecule has 0 spiro atoms. The lowest BCUT2D eigenvalue weighted by Gasteiger charge is -2.47. The predicted octanol–water partition coefficient (Wildman–Crippen LogP) is -3.02. The van der Waals surface area contributed by atoms with Gasteiger partial charge in [0.05, 0.1) is 0 Å². The van der Waals surface area contributed by atoms with Gasteiger partial charge in [-0.1, -0.05) is 0 Å². The average Bonchev–Trinajstić information content (AvgIpc) is 2.57. The first kappa shape index (κ1) is 38.8. The van der Waals surface area contributed by atoms with E-state index in [4.69, 9.17) is 39.1 Å². The molecule has 0 heterocycles. The summed E-state index contributed by atoms with van der Waals surface area (Å²) in [5.74, 6) is 0. The van der Waals surface area contributed by atoms with Crippen LogP contribution in [0.15, 0.2) is 0 Å². The van der Waals surface area contributed by atoms with E-state index in [9.17, 15) is 56.6 Å². The first-order chi connectivity index (χ1) is 17.3. The van der Waals surface area contributed by atoms with Gasteiger partial charge >= 0.3 is 54.8 Å². The Morgan fingerprint density at radius 1 is 0.350 bits per heavy atom. The van der Waals surface area contributed by atoms with E-state index >= 15 is 0 Å². The predicted molar refractivity (Wildman–Crippen MR) is 112 cm³/mol. The fourth-order valence-corrected chi connectivity index (χ4v) is 8.07. The van der Waals surface area contributed by atoms with Crippen LogP contribution >= 0.6 is 54.8 Å². The molecule has 1 saturated carbocycles. The third-order valence-electron chi connectivity index (χ3n) is 3.67. The van der Waals surface area contributed by atoms with Gasteiger partial charge in [-0.2, -0.15) is 8.62 Å². The van der Waals surface area contributed by atoms with Gasteiger partial charge in [0.2, 0.25) is 0 Å². The minimum Gasteiger partial charge on any atom is -0.387 e. The summed E-state index contributed by atoms with van der Waals surface area (Å²) in [5.41, 5.74) is 0. The van der Waals surface area contributed by atoms with E-state index in [0.29, 0.717) is 0 Å². The lowest BCUT2D eigenvalue weighted by molar-refractivity contribution is -0.205. The topological polar surface area (TPSA) is 447 Å². The van der Waals surface area contributed by atoms with Gasteiger partial charge in [-0.25, -0.2) is 32.0 Å². The molecule has 13 N–H and O–H groups in total. The third kappa shape index (κ3) is 14.5. The van der Waals surface area contributed by atoms with Crippen LogP contribution in [-0.2, 0) is 63.2 Å². The second kappa shape index (κ2) is 13.0. The molecule has 0 amide bonds. The summed E-state index contributed by atoms with van der Waals surface area (Å²) in [5, 5.41) is 10.5. The van der Waals surface area contributed by atoms with Crippen LogP contribution in [0.1, 0.15) is 0 Å². The van der Waals surface area contributed by atoms with Crippen LogP contribution < -0.4 is 0 Å². The van der Waals surface area contributed by atoms with Gasteiger partial charge in [-0.15, -0.1) is 0 Å². The minimum atomic E-state index is -6.43. The number of phosphoric acid groups is 7. The zero-order chi connectivity index (χ0) is 31.9. The molecule has 1 fully saturated rings. The summed E-state index contributed by atoms with van der Waals surface area (Å²) < 4.78 is 108. The largest absolute Gasteiger partial charge is 0.481 e. The van der Waals surface area contributed by atoms with Crippen LogP contribution in [0, 0.1) is 0 Å². The second-order valence-electron chi connectivity index (χ2n) is 6.89. The summed E-state index contributed by atoms with van der Waals surface area (Å²) in [6.45, 7) is 0. The maximum absolute atomic E-state index is 12.2. The normalized spacial score (nSPS) is 30.4. The van der Waals surface area contributed by atoms with Crippen molar-refractivity contribution in [3.05, 3.63) is 0 Å². The van der Waals surface area contributed by atoms with E-state index in [1.165, 1.54) is 0 Å². The van der Waals surface area contributed by atoms with Crippen molar-refractivity contribution in [2.24, 2.45) is 0 Å². The molecule has 1 aliphatic carbocycles. The molecule has 0 aromatic rings. The van der Waals surface area contributed by atoms with Crippen molar-refractivity contribution in [1.29, 1.82) is 0 Å². The molecule has 0 radical (unpaired) electrons. The van der Waals surface area contributed by atoms with E-state index in [2.05, 4.69) is 31.2 Å². The lowest BCUT2D eigenvalue weighted by Crippen LogP contribution is -2.66. The maximum Gasteiger partial charge on any atom is 0.481 e. The first-order valence-electron chi connectivity index (χ1n) is 8.76. The highest BCUT2D eigenvalue weighted by atomic mass is 31.3. The Balaban J connectivity index is 3.98. The van der Waals surface area contributed by atoms with Crippen molar-refractivity contribution in [1.82, 2.24) is 0 Å². The van der Waals surface area contributed by atoms with Gasteiger partial charge < -0.3 is 63.8 Å². The number of rotatable bonds is 14. The van der Waals surface area contributed by atoms with Crippen molar-refractivity contribution in [3.8, 4) is 0 Å². The summed E-state index contributed by atoms with van der Waals surface area (Å²) in [7, 11) is -43.1. The van der Waals surface area contributed by atoms with Crippen LogP contribution in [-0.4, -0.2) is 100 Å². The van der Waals surface area contributed by atoms with Crippen LogP contribution in [0.3, 0.4) is 0 Å². The van der Waals surface area contributed by atoms with Crippen molar-refractivity contribution >= 4 is 54.8 Å². The Hall–Kier alpha value is 0.810. The van der Waals surface area contributed by atoms with Gasteiger partial charge in [0.25, 0.3) is 0 Å². The molecule has 2 unspecified atom stereocenters. The van der Waals surface area contributed by atoms with Gasteiger partial charge in [0.15, 0.2) is 0 Å². The van der Waals surface area contributed by atoms with Crippen LogP contribution in [0.4, 0.5) is 0 Å². The summed E-state index contributed by atoms with van der Waals surface area (Å²) in [4.78, 5) is 109. The quantitative estimate of drug-likeness (QED) is 0.0788. The van der Waals surface area contributed by atoms with E-state index < -0.39 is 91.4 Å². The minimum absolute atomic E-state index is 3.13. The SMILES string of the molecule is O=P(O)(O)O[C@@H]1[C@@H](OP(=O)(O)OP(=O)(O)O)[C@H](OP(=O)(O)OP(=O)(O)O)[C@@H](OP(=O)(O)O)[C@H](O)[C@@H]1OP(=O)(O)O. The summed E-state index contributed by atoms with van der Waals surface area (Å²) in [6.07, 6.45) is -19.5. The molecular formula is C6H19O27P7. The van der Waals surface area contributed by atoms with Crippen LogP contribution in [0.5, 0.6) is 0 Å². The highest BCUT2D eigenvalue weighted by molar-refractivity contribution is 7.61. The Bertz CT molecular complexity index is 1230. The molecular weight excluding hydrogens is 721 g/mol. The van der Waals surface area contributed by atoms with Gasteiger partial charge in [-0.05, 0) is 0 Å². The van der Waals surface area contributed by atoms with Crippen molar-refractivity contribution in [3.63, 3.8) is 0 Å². The third-order valence-corrected chi connectivity index (χ3v) is 9.60. The standard InChI is InChI=1S/C6H19O27P7/c7-1-2(27-34(8,9)10)4(29-36(14,15)16)6(31-40(25,26)33-38(20,21)22)5(3(1)28-35(11,12)13)30-39(23,24)32-37(17,18)19/h1-7H,(H,23,24)(H,25,26)(H2,8,9,10)(H2,11,12,13)(H2,14,15,16)(H2,17,18,19)(H2,20,21,22)/t1-,2+,3+,4+,5-,6-/m1/s1. The fraction of sp³-hybridized carbons (Fsp3) is 1.00. The molecule has 34 heteroatoms. The van der Waals surface area contributed by atoms with Crippen LogP contribution in [0.25, 0.3) is 0 Å². The highest BCUT2D eigenvalue weighted by Gasteiger charge is 2.61. The summed E-state index contributed by atoms with van der Waals surface area (Å²) in [6, 6.07) is 0. The molecule has 0 aromatic carbocycles. The second-order valence-corrected chi connectivity index (χ2v) is 16.0.